The molecule has 0 aliphatic rings. The molecule has 3 N–H and O–H groups in total. The zero-order valence-electron chi connectivity index (χ0n) is 11.0. The maximum atomic E-state index is 5.57. The van der Waals surface area contributed by atoms with Gasteiger partial charge < -0.3 is 11.1 Å². The summed E-state index contributed by atoms with van der Waals surface area (Å²) in [5, 5.41) is 7.72. The molecular weight excluding hydrogens is 252 g/mol. The third kappa shape index (κ3) is 2.75. The minimum Gasteiger partial charge on any atom is -0.368 e. The molecule has 0 amide bonds. The quantitative estimate of drug-likeness (QED) is 0.727. The lowest BCUT2D eigenvalue weighted by Gasteiger charge is -2.05. The number of nitrogens with two attached hydrogens (primary N) is 1. The van der Waals surface area contributed by atoms with Crippen LogP contribution in [0.4, 0.5) is 5.82 Å². The van der Waals surface area contributed by atoms with Crippen LogP contribution in [-0.2, 0) is 13.0 Å². The molecule has 0 saturated carbocycles. The standard InChI is InChI=1S/C14H16N6/c15-9-12-10-20-14(18-12)5-4-13(19-20)17-8-6-11-3-1-2-7-16-11/h1-5,7,10H,6,8-9,15H2,(H,17,19). The predicted molar refractivity (Wildman–Crippen MR) is 77.3 cm³/mol. The van der Waals surface area contributed by atoms with Gasteiger partial charge in [-0.2, -0.15) is 0 Å². The molecule has 3 heterocycles. The lowest BCUT2D eigenvalue weighted by atomic mass is 10.3. The average Bonchev–Trinajstić information content (AvgIpc) is 2.91. The van der Waals surface area contributed by atoms with E-state index in [4.69, 9.17) is 5.73 Å². The van der Waals surface area contributed by atoms with Crippen molar-refractivity contribution in [1.82, 2.24) is 19.6 Å². The molecule has 3 aromatic heterocycles. The van der Waals surface area contributed by atoms with Crippen molar-refractivity contribution in [3.63, 3.8) is 0 Å². The topological polar surface area (TPSA) is 81.1 Å². The van der Waals surface area contributed by atoms with E-state index in [9.17, 15) is 0 Å². The van der Waals surface area contributed by atoms with Crippen molar-refractivity contribution in [2.45, 2.75) is 13.0 Å². The van der Waals surface area contributed by atoms with E-state index in [2.05, 4.69) is 20.4 Å². The normalized spacial score (nSPS) is 10.8. The molecule has 0 aliphatic carbocycles. The van der Waals surface area contributed by atoms with E-state index in [1.54, 1.807) is 10.7 Å². The van der Waals surface area contributed by atoms with Gasteiger partial charge in [0.15, 0.2) is 5.65 Å². The minimum atomic E-state index is 0.422. The third-order valence-corrected chi connectivity index (χ3v) is 2.99. The Bertz CT molecular complexity index is 691. The van der Waals surface area contributed by atoms with Crippen LogP contribution in [0.25, 0.3) is 5.65 Å². The summed E-state index contributed by atoms with van der Waals surface area (Å²) in [6.07, 6.45) is 4.51. The van der Waals surface area contributed by atoms with Gasteiger partial charge in [0.2, 0.25) is 0 Å². The number of anilines is 1. The van der Waals surface area contributed by atoms with Gasteiger partial charge in [0, 0.05) is 31.4 Å². The summed E-state index contributed by atoms with van der Waals surface area (Å²) < 4.78 is 1.74. The minimum absolute atomic E-state index is 0.422. The molecule has 0 bridgehead atoms. The van der Waals surface area contributed by atoms with Crippen molar-refractivity contribution in [3.05, 3.63) is 54.1 Å². The Morgan fingerprint density at radius 2 is 2.10 bits per heavy atom. The van der Waals surface area contributed by atoms with Crippen LogP contribution in [0.3, 0.4) is 0 Å². The molecule has 6 nitrogen and oxygen atoms in total. The highest BCUT2D eigenvalue weighted by atomic mass is 15.3. The molecule has 6 heteroatoms. The number of imidazole rings is 1. The van der Waals surface area contributed by atoms with Crippen LogP contribution < -0.4 is 11.1 Å². The van der Waals surface area contributed by atoms with E-state index in [0.29, 0.717) is 6.54 Å². The van der Waals surface area contributed by atoms with E-state index in [1.807, 2.05) is 36.5 Å². The fraction of sp³-hybridized carbons (Fsp3) is 0.214. The lowest BCUT2D eigenvalue weighted by Crippen LogP contribution is -2.08. The summed E-state index contributed by atoms with van der Waals surface area (Å²) in [6, 6.07) is 9.77. The predicted octanol–water partition coefficient (Wildman–Crippen LogP) is 1.24. The SMILES string of the molecule is NCc1cn2nc(NCCc3ccccn3)ccc2n1. The number of nitrogens with one attached hydrogen (secondary N) is 1. The Morgan fingerprint density at radius 1 is 1.15 bits per heavy atom. The van der Waals surface area contributed by atoms with E-state index in [0.717, 1.165) is 35.8 Å². The Morgan fingerprint density at radius 3 is 2.90 bits per heavy atom. The maximum Gasteiger partial charge on any atom is 0.153 e. The van der Waals surface area contributed by atoms with Gasteiger partial charge in [-0.05, 0) is 24.3 Å². The number of rotatable bonds is 5. The Balaban J connectivity index is 1.65. The number of fused-ring (bicyclic) bond motifs is 1. The van der Waals surface area contributed by atoms with Gasteiger partial charge in [-0.15, -0.1) is 5.10 Å². The largest absolute Gasteiger partial charge is 0.368 e. The molecule has 0 aliphatic heterocycles. The van der Waals surface area contributed by atoms with Gasteiger partial charge in [-0.3, -0.25) is 4.98 Å². The van der Waals surface area contributed by atoms with Crippen LogP contribution in [0.5, 0.6) is 0 Å². The molecule has 0 aromatic carbocycles. The van der Waals surface area contributed by atoms with Gasteiger partial charge in [-0.1, -0.05) is 6.07 Å². The second-order valence-electron chi connectivity index (χ2n) is 4.46. The summed E-state index contributed by atoms with van der Waals surface area (Å²) >= 11 is 0. The Labute approximate surface area is 116 Å². The summed E-state index contributed by atoms with van der Waals surface area (Å²) in [7, 11) is 0. The van der Waals surface area contributed by atoms with Crippen molar-refractivity contribution in [2.75, 3.05) is 11.9 Å². The van der Waals surface area contributed by atoms with E-state index in [1.165, 1.54) is 0 Å². The number of aromatic nitrogens is 4. The molecule has 0 saturated heterocycles. The third-order valence-electron chi connectivity index (χ3n) is 2.99. The molecule has 0 fully saturated rings. The highest BCUT2D eigenvalue weighted by Crippen LogP contribution is 2.08. The summed E-state index contributed by atoms with van der Waals surface area (Å²) in [5.74, 6) is 0.814. The van der Waals surface area contributed by atoms with Crippen LogP contribution in [0.2, 0.25) is 0 Å². The van der Waals surface area contributed by atoms with Crippen molar-refractivity contribution >= 4 is 11.5 Å². The highest BCUT2D eigenvalue weighted by Gasteiger charge is 2.02. The first-order valence-corrected chi connectivity index (χ1v) is 6.54. The van der Waals surface area contributed by atoms with Gasteiger partial charge in [0.05, 0.1) is 11.9 Å². The first-order valence-electron chi connectivity index (χ1n) is 6.54. The van der Waals surface area contributed by atoms with Crippen LogP contribution in [-0.4, -0.2) is 26.1 Å². The second-order valence-corrected chi connectivity index (χ2v) is 4.46. The molecule has 3 rings (SSSR count). The smallest absolute Gasteiger partial charge is 0.153 e. The molecule has 0 radical (unpaired) electrons. The molecule has 0 spiro atoms. The van der Waals surface area contributed by atoms with E-state index in [-0.39, 0.29) is 0 Å². The monoisotopic (exact) mass is 268 g/mol. The van der Waals surface area contributed by atoms with E-state index >= 15 is 0 Å². The van der Waals surface area contributed by atoms with Gasteiger partial charge >= 0.3 is 0 Å². The van der Waals surface area contributed by atoms with Crippen LogP contribution in [0.15, 0.2) is 42.7 Å². The van der Waals surface area contributed by atoms with Crippen molar-refractivity contribution in [1.29, 1.82) is 0 Å². The summed E-state index contributed by atoms with van der Waals surface area (Å²) in [6.45, 7) is 1.21. The Kier molecular flexibility index (Phi) is 3.56. The zero-order valence-corrected chi connectivity index (χ0v) is 11.0. The van der Waals surface area contributed by atoms with Crippen LogP contribution >= 0.6 is 0 Å². The number of pyridine rings is 1. The molecule has 0 unspecified atom stereocenters. The lowest BCUT2D eigenvalue weighted by molar-refractivity contribution is 0.900. The molecular formula is C14H16N6. The molecule has 0 atom stereocenters. The first-order chi connectivity index (χ1) is 9.85. The van der Waals surface area contributed by atoms with Crippen LogP contribution in [0, 0.1) is 0 Å². The average molecular weight is 268 g/mol. The van der Waals surface area contributed by atoms with E-state index < -0.39 is 0 Å². The summed E-state index contributed by atoms with van der Waals surface area (Å²) in [4.78, 5) is 8.62. The van der Waals surface area contributed by atoms with Crippen molar-refractivity contribution < 1.29 is 0 Å². The number of hydrogen-bond acceptors (Lipinski definition) is 5. The molecule has 102 valence electrons. The number of hydrogen-bond donors (Lipinski definition) is 2. The zero-order chi connectivity index (χ0) is 13.8. The van der Waals surface area contributed by atoms with Crippen LogP contribution in [0.1, 0.15) is 11.4 Å². The maximum absolute atomic E-state index is 5.57. The van der Waals surface area contributed by atoms with Gasteiger partial charge in [-0.25, -0.2) is 9.50 Å². The second kappa shape index (κ2) is 5.66. The molecule has 3 aromatic rings. The fourth-order valence-corrected chi connectivity index (χ4v) is 1.99. The van der Waals surface area contributed by atoms with Gasteiger partial charge in [0.25, 0.3) is 0 Å². The van der Waals surface area contributed by atoms with Gasteiger partial charge in [0.1, 0.15) is 5.82 Å². The highest BCUT2D eigenvalue weighted by molar-refractivity contribution is 5.45. The fourth-order valence-electron chi connectivity index (χ4n) is 1.99. The number of nitrogens with zero attached hydrogens (tertiary/aromatic N) is 4. The summed E-state index contributed by atoms with van der Waals surface area (Å²) in [5.41, 5.74) is 8.28. The first kappa shape index (κ1) is 12.6. The van der Waals surface area contributed by atoms with Crippen molar-refractivity contribution in [2.24, 2.45) is 5.73 Å². The Hall–Kier alpha value is -2.47. The molecule has 20 heavy (non-hydrogen) atoms. The van der Waals surface area contributed by atoms with Crippen molar-refractivity contribution in [3.8, 4) is 0 Å².